The van der Waals surface area contributed by atoms with E-state index in [-0.39, 0.29) is 11.7 Å². The second-order valence-electron chi connectivity index (χ2n) is 5.05. The Kier molecular flexibility index (Phi) is 6.48. The van der Waals surface area contributed by atoms with Crippen molar-refractivity contribution in [2.45, 2.75) is 32.7 Å². The topological polar surface area (TPSA) is 70.6 Å². The number of amides is 2. The van der Waals surface area contributed by atoms with E-state index in [0.717, 1.165) is 12.1 Å². The minimum Gasteiger partial charge on any atom is -0.406 e. The fraction of sp³-hybridized carbons (Fsp3) is 0.500. The van der Waals surface area contributed by atoms with Crippen LogP contribution in [0.4, 0.5) is 23.7 Å². The number of benzene rings is 1. The summed E-state index contributed by atoms with van der Waals surface area (Å²) >= 11 is 0. The highest BCUT2D eigenvalue weighted by Gasteiger charge is 2.30. The molecule has 124 valence electrons. The molecule has 0 radical (unpaired) electrons. The molecular formula is C14H19F3N2O3. The first-order valence-electron chi connectivity index (χ1n) is 6.76. The van der Waals surface area contributed by atoms with Crippen molar-refractivity contribution >= 4 is 11.7 Å². The van der Waals surface area contributed by atoms with Gasteiger partial charge in [0.25, 0.3) is 0 Å². The maximum Gasteiger partial charge on any atom is 0.573 e. The fourth-order valence-electron chi connectivity index (χ4n) is 1.58. The van der Waals surface area contributed by atoms with Crippen LogP contribution in [-0.4, -0.2) is 30.1 Å². The Morgan fingerprint density at radius 2 is 1.86 bits per heavy atom. The van der Waals surface area contributed by atoms with Crippen molar-refractivity contribution < 1.29 is 27.8 Å². The summed E-state index contributed by atoms with van der Waals surface area (Å²) in [5, 5.41) is 14.6. The minimum atomic E-state index is -4.75. The maximum atomic E-state index is 12.0. The van der Waals surface area contributed by atoms with Gasteiger partial charge in [-0.05, 0) is 36.6 Å². The summed E-state index contributed by atoms with van der Waals surface area (Å²) in [6, 6.07) is 4.30. The molecule has 22 heavy (non-hydrogen) atoms. The van der Waals surface area contributed by atoms with E-state index < -0.39 is 18.5 Å². The van der Waals surface area contributed by atoms with Gasteiger partial charge in [-0.2, -0.15) is 0 Å². The van der Waals surface area contributed by atoms with Gasteiger partial charge in [-0.1, -0.05) is 13.8 Å². The van der Waals surface area contributed by atoms with E-state index in [0.29, 0.717) is 18.7 Å². The Morgan fingerprint density at radius 1 is 1.27 bits per heavy atom. The summed E-state index contributed by atoms with van der Waals surface area (Å²) in [6.07, 6.45) is -4.83. The van der Waals surface area contributed by atoms with Crippen molar-refractivity contribution in [3.63, 3.8) is 0 Å². The predicted octanol–water partition coefficient (Wildman–Crippen LogP) is 3.11. The average Bonchev–Trinajstić information content (AvgIpc) is 2.39. The number of carbonyl (C=O) groups is 1. The van der Waals surface area contributed by atoms with Crippen LogP contribution < -0.4 is 15.4 Å². The van der Waals surface area contributed by atoms with Crippen LogP contribution in [-0.2, 0) is 0 Å². The Balaban J connectivity index is 2.39. The van der Waals surface area contributed by atoms with E-state index in [2.05, 4.69) is 15.4 Å². The molecule has 1 atom stereocenters. The lowest BCUT2D eigenvalue weighted by atomic mass is 10.0. The van der Waals surface area contributed by atoms with Crippen molar-refractivity contribution in [2.75, 3.05) is 11.9 Å². The van der Waals surface area contributed by atoms with Crippen LogP contribution in [0.2, 0.25) is 0 Å². The molecule has 8 heteroatoms. The van der Waals surface area contributed by atoms with Crippen molar-refractivity contribution in [3.8, 4) is 5.75 Å². The lowest BCUT2D eigenvalue weighted by Crippen LogP contribution is -2.32. The second-order valence-corrected chi connectivity index (χ2v) is 5.05. The first-order valence-corrected chi connectivity index (χ1v) is 6.76. The van der Waals surface area contributed by atoms with Gasteiger partial charge < -0.3 is 20.5 Å². The molecule has 1 rings (SSSR count). The molecule has 0 fully saturated rings. The van der Waals surface area contributed by atoms with Crippen molar-refractivity contribution in [2.24, 2.45) is 5.92 Å². The molecule has 0 saturated heterocycles. The molecule has 1 aromatic rings. The first kappa shape index (κ1) is 18.1. The molecule has 0 aliphatic rings. The van der Waals surface area contributed by atoms with Gasteiger partial charge >= 0.3 is 12.4 Å². The van der Waals surface area contributed by atoms with E-state index >= 15 is 0 Å². The van der Waals surface area contributed by atoms with E-state index in [4.69, 9.17) is 0 Å². The molecule has 0 bridgehead atoms. The molecule has 1 aromatic carbocycles. The number of nitrogens with one attached hydrogen (secondary N) is 2. The highest BCUT2D eigenvalue weighted by atomic mass is 19.4. The Labute approximate surface area is 126 Å². The summed E-state index contributed by atoms with van der Waals surface area (Å²) in [5.41, 5.74) is 0.330. The number of alkyl halides is 3. The van der Waals surface area contributed by atoms with Crippen molar-refractivity contribution in [3.05, 3.63) is 24.3 Å². The number of anilines is 1. The van der Waals surface area contributed by atoms with Crippen molar-refractivity contribution in [1.29, 1.82) is 0 Å². The van der Waals surface area contributed by atoms with Gasteiger partial charge in [-0.25, -0.2) is 4.79 Å². The SMILES string of the molecule is CC(C)C(O)CCNC(=O)Nc1ccc(OC(F)(F)F)cc1. The molecule has 0 aromatic heterocycles. The zero-order valence-electron chi connectivity index (χ0n) is 12.3. The minimum absolute atomic E-state index is 0.103. The molecule has 5 nitrogen and oxygen atoms in total. The predicted molar refractivity (Wildman–Crippen MR) is 75.6 cm³/mol. The monoisotopic (exact) mass is 320 g/mol. The highest BCUT2D eigenvalue weighted by molar-refractivity contribution is 5.89. The smallest absolute Gasteiger partial charge is 0.406 e. The third-order valence-electron chi connectivity index (χ3n) is 2.84. The molecule has 1 unspecified atom stereocenters. The van der Waals surface area contributed by atoms with E-state index in [1.54, 1.807) is 0 Å². The van der Waals surface area contributed by atoms with E-state index in [9.17, 15) is 23.1 Å². The van der Waals surface area contributed by atoms with Crippen LogP contribution in [0.5, 0.6) is 5.75 Å². The number of rotatable bonds is 6. The van der Waals surface area contributed by atoms with Crippen LogP contribution >= 0.6 is 0 Å². The Hall–Kier alpha value is -1.96. The standard InChI is InChI=1S/C14H19F3N2O3/c1-9(2)12(20)7-8-18-13(21)19-10-3-5-11(6-4-10)22-14(15,16)17/h3-6,9,12,20H,7-8H2,1-2H3,(H2,18,19,21). The van der Waals surface area contributed by atoms with Crippen LogP contribution in [0.1, 0.15) is 20.3 Å². The number of halogens is 3. The third-order valence-corrected chi connectivity index (χ3v) is 2.84. The van der Waals surface area contributed by atoms with Crippen LogP contribution in [0.15, 0.2) is 24.3 Å². The summed E-state index contributed by atoms with van der Waals surface area (Å²) in [7, 11) is 0. The Morgan fingerprint density at radius 3 is 2.36 bits per heavy atom. The van der Waals surface area contributed by atoms with E-state index in [1.165, 1.54) is 12.1 Å². The zero-order chi connectivity index (χ0) is 16.8. The average molecular weight is 320 g/mol. The summed E-state index contributed by atoms with van der Waals surface area (Å²) in [5.74, 6) is -0.260. The first-order chi connectivity index (χ1) is 10.2. The van der Waals surface area contributed by atoms with Gasteiger partial charge in [0.05, 0.1) is 6.10 Å². The quantitative estimate of drug-likeness (QED) is 0.754. The van der Waals surface area contributed by atoms with Gasteiger partial charge in [-0.15, -0.1) is 13.2 Å². The Bertz CT molecular complexity index is 475. The molecule has 0 aliphatic carbocycles. The number of aliphatic hydroxyl groups is 1. The lowest BCUT2D eigenvalue weighted by molar-refractivity contribution is -0.274. The van der Waals surface area contributed by atoms with Gasteiger partial charge in [0.1, 0.15) is 5.75 Å². The highest BCUT2D eigenvalue weighted by Crippen LogP contribution is 2.23. The van der Waals surface area contributed by atoms with E-state index in [1.807, 2.05) is 13.8 Å². The number of hydrogen-bond acceptors (Lipinski definition) is 3. The fourth-order valence-corrected chi connectivity index (χ4v) is 1.58. The second kappa shape index (κ2) is 7.88. The largest absolute Gasteiger partial charge is 0.573 e. The molecule has 0 spiro atoms. The van der Waals surface area contributed by atoms with Gasteiger partial charge in [-0.3, -0.25) is 0 Å². The molecule has 0 saturated carbocycles. The normalized spacial score (nSPS) is 12.9. The molecular weight excluding hydrogens is 301 g/mol. The summed E-state index contributed by atoms with van der Waals surface area (Å²) in [4.78, 5) is 11.6. The third kappa shape index (κ3) is 7.16. The zero-order valence-corrected chi connectivity index (χ0v) is 12.3. The van der Waals surface area contributed by atoms with Crippen molar-refractivity contribution in [1.82, 2.24) is 5.32 Å². The number of ether oxygens (including phenoxy) is 1. The lowest BCUT2D eigenvalue weighted by Gasteiger charge is -2.15. The van der Waals surface area contributed by atoms with Crippen LogP contribution in [0.3, 0.4) is 0 Å². The molecule has 0 heterocycles. The van der Waals surface area contributed by atoms with Crippen LogP contribution in [0.25, 0.3) is 0 Å². The van der Waals surface area contributed by atoms with Gasteiger partial charge in [0.2, 0.25) is 0 Å². The molecule has 0 aliphatic heterocycles. The molecule has 2 amide bonds. The summed E-state index contributed by atoms with van der Waals surface area (Å²) < 4.78 is 39.7. The van der Waals surface area contributed by atoms with Gasteiger partial charge in [0.15, 0.2) is 0 Å². The number of urea groups is 1. The number of carbonyl (C=O) groups excluding carboxylic acids is 1. The molecule has 3 N–H and O–H groups in total. The summed E-state index contributed by atoms with van der Waals surface area (Å²) in [6.45, 7) is 4.03. The van der Waals surface area contributed by atoms with Crippen LogP contribution in [0, 0.1) is 5.92 Å². The maximum absolute atomic E-state index is 12.0. The number of hydrogen-bond donors (Lipinski definition) is 3. The number of aliphatic hydroxyl groups excluding tert-OH is 1. The van der Waals surface area contributed by atoms with Gasteiger partial charge in [0, 0.05) is 12.2 Å².